The van der Waals surface area contributed by atoms with Crippen molar-refractivity contribution < 1.29 is 14.4 Å². The number of fused-ring (bicyclic) bond motifs is 2. The molecule has 6 rings (SSSR count). The SMILES string of the molecule is O=C(Nc1nn2cc(-c3ccccc3)nc2s1)c1cccc(CN2C(=O)c3ccccc3C2=O)c1. The maximum atomic E-state index is 12.9. The summed E-state index contributed by atoms with van der Waals surface area (Å²) >= 11 is 1.27. The molecule has 8 nitrogen and oxygen atoms in total. The summed E-state index contributed by atoms with van der Waals surface area (Å²) in [6.07, 6.45) is 1.82. The van der Waals surface area contributed by atoms with E-state index < -0.39 is 0 Å². The summed E-state index contributed by atoms with van der Waals surface area (Å²) in [4.78, 5) is 44.6. The highest BCUT2D eigenvalue weighted by molar-refractivity contribution is 7.20. The monoisotopic (exact) mass is 479 g/mol. The number of anilines is 1. The van der Waals surface area contributed by atoms with E-state index in [9.17, 15) is 14.4 Å². The van der Waals surface area contributed by atoms with Crippen LogP contribution in [0.2, 0.25) is 0 Å². The fourth-order valence-electron chi connectivity index (χ4n) is 4.04. The zero-order chi connectivity index (χ0) is 23.9. The molecular formula is C26H17N5O3S. The number of aromatic nitrogens is 3. The predicted molar refractivity (Wildman–Crippen MR) is 131 cm³/mol. The van der Waals surface area contributed by atoms with Gasteiger partial charge in [0.15, 0.2) is 0 Å². The van der Waals surface area contributed by atoms with Crippen LogP contribution in [0.5, 0.6) is 0 Å². The van der Waals surface area contributed by atoms with E-state index in [0.717, 1.165) is 11.3 Å². The Hall–Kier alpha value is -4.63. The van der Waals surface area contributed by atoms with Crippen molar-refractivity contribution in [3.8, 4) is 11.3 Å². The minimum Gasteiger partial charge on any atom is -0.296 e. The molecule has 0 spiro atoms. The lowest BCUT2D eigenvalue weighted by Gasteiger charge is -2.14. The van der Waals surface area contributed by atoms with Crippen LogP contribution in [0, 0.1) is 0 Å². The van der Waals surface area contributed by atoms with Gasteiger partial charge in [-0.25, -0.2) is 9.50 Å². The van der Waals surface area contributed by atoms with Gasteiger partial charge in [-0.05, 0) is 29.8 Å². The first-order chi connectivity index (χ1) is 17.1. The van der Waals surface area contributed by atoms with Crippen molar-refractivity contribution in [2.24, 2.45) is 0 Å². The van der Waals surface area contributed by atoms with Gasteiger partial charge in [-0.2, -0.15) is 0 Å². The van der Waals surface area contributed by atoms with Gasteiger partial charge in [0.2, 0.25) is 10.1 Å². The minimum atomic E-state index is -0.338. The van der Waals surface area contributed by atoms with Crippen molar-refractivity contribution in [3.63, 3.8) is 0 Å². The third kappa shape index (κ3) is 3.77. The number of carbonyl (C=O) groups excluding carboxylic acids is 3. The summed E-state index contributed by atoms with van der Waals surface area (Å²) < 4.78 is 1.64. The quantitative estimate of drug-likeness (QED) is 0.374. The first kappa shape index (κ1) is 20.9. The first-order valence-corrected chi connectivity index (χ1v) is 11.7. The molecule has 0 aliphatic carbocycles. The first-order valence-electron chi connectivity index (χ1n) is 10.8. The Morgan fingerprint density at radius 1 is 0.886 bits per heavy atom. The fraction of sp³-hybridized carbons (Fsp3) is 0.0385. The topological polar surface area (TPSA) is 96.7 Å². The number of nitrogens with one attached hydrogen (secondary N) is 1. The molecule has 9 heteroatoms. The van der Waals surface area contributed by atoms with Crippen molar-refractivity contribution in [1.82, 2.24) is 19.5 Å². The highest BCUT2D eigenvalue weighted by Gasteiger charge is 2.35. The van der Waals surface area contributed by atoms with Gasteiger partial charge < -0.3 is 0 Å². The molecule has 3 aromatic carbocycles. The third-order valence-corrected chi connectivity index (χ3v) is 6.58. The average Bonchev–Trinajstić information content (AvgIpc) is 3.52. The molecule has 0 bridgehead atoms. The minimum absolute atomic E-state index is 0.0841. The number of amides is 3. The normalized spacial score (nSPS) is 12.9. The number of rotatable bonds is 5. The molecule has 170 valence electrons. The van der Waals surface area contributed by atoms with Crippen molar-refractivity contribution in [2.75, 3.05) is 5.32 Å². The standard InChI is InChI=1S/C26H17N5O3S/c32-22(28-25-29-31-15-21(27-26(31)35-25)17-8-2-1-3-9-17)18-10-6-7-16(13-18)14-30-23(33)19-11-4-5-12-20(19)24(30)34/h1-13,15H,14H2,(H,28,29,32). The Labute approximate surface area is 203 Å². The maximum Gasteiger partial charge on any atom is 0.261 e. The molecule has 1 aliphatic rings. The molecule has 0 saturated carbocycles. The van der Waals surface area contributed by atoms with Gasteiger partial charge >= 0.3 is 0 Å². The van der Waals surface area contributed by atoms with Gasteiger partial charge in [0.25, 0.3) is 17.7 Å². The summed E-state index contributed by atoms with van der Waals surface area (Å²) in [7, 11) is 0. The van der Waals surface area contributed by atoms with Crippen LogP contribution in [-0.2, 0) is 6.54 Å². The third-order valence-electron chi connectivity index (χ3n) is 5.74. The Morgan fingerprint density at radius 2 is 1.60 bits per heavy atom. The van der Waals surface area contributed by atoms with E-state index >= 15 is 0 Å². The summed E-state index contributed by atoms with van der Waals surface area (Å²) in [6, 6.07) is 23.4. The number of imide groups is 1. The highest BCUT2D eigenvalue weighted by atomic mass is 32.1. The van der Waals surface area contributed by atoms with E-state index in [2.05, 4.69) is 15.4 Å². The number of hydrogen-bond donors (Lipinski definition) is 1. The zero-order valence-corrected chi connectivity index (χ0v) is 19.0. The van der Waals surface area contributed by atoms with Gasteiger partial charge in [0.1, 0.15) is 0 Å². The van der Waals surface area contributed by atoms with E-state index in [1.54, 1.807) is 53.0 Å². The Morgan fingerprint density at radius 3 is 2.31 bits per heavy atom. The number of carbonyl (C=O) groups is 3. The molecular weight excluding hydrogens is 462 g/mol. The largest absolute Gasteiger partial charge is 0.296 e. The van der Waals surface area contributed by atoms with E-state index in [4.69, 9.17) is 0 Å². The van der Waals surface area contributed by atoms with Crippen molar-refractivity contribution >= 4 is 39.2 Å². The summed E-state index contributed by atoms with van der Waals surface area (Å²) in [5, 5.41) is 7.64. The van der Waals surface area contributed by atoms with Crippen LogP contribution < -0.4 is 5.32 Å². The molecule has 0 fully saturated rings. The van der Waals surface area contributed by atoms with Crippen LogP contribution in [0.25, 0.3) is 16.2 Å². The molecule has 35 heavy (non-hydrogen) atoms. The van der Waals surface area contributed by atoms with E-state index in [1.807, 2.05) is 36.5 Å². The molecule has 0 unspecified atom stereocenters. The number of hydrogen-bond acceptors (Lipinski definition) is 6. The molecule has 0 atom stereocenters. The van der Waals surface area contributed by atoms with Crippen molar-refractivity contribution in [1.29, 1.82) is 0 Å². The molecule has 1 N–H and O–H groups in total. The van der Waals surface area contributed by atoms with Gasteiger partial charge in [0.05, 0.1) is 29.6 Å². The predicted octanol–water partition coefficient (Wildman–Crippen LogP) is 4.51. The Kier molecular flexibility index (Phi) is 4.97. The van der Waals surface area contributed by atoms with Crippen LogP contribution in [0.15, 0.2) is 85.1 Å². The van der Waals surface area contributed by atoms with Crippen LogP contribution in [0.4, 0.5) is 5.13 Å². The van der Waals surface area contributed by atoms with Gasteiger partial charge in [0, 0.05) is 11.1 Å². The molecule has 1 aliphatic heterocycles. The maximum absolute atomic E-state index is 12.9. The summed E-state index contributed by atoms with van der Waals surface area (Å²) in [6.45, 7) is 0.0841. The Bertz CT molecular complexity index is 1560. The average molecular weight is 480 g/mol. The van der Waals surface area contributed by atoms with Gasteiger partial charge in [-0.3, -0.25) is 24.6 Å². The van der Waals surface area contributed by atoms with Crippen LogP contribution in [0.3, 0.4) is 0 Å². The smallest absolute Gasteiger partial charge is 0.261 e. The van der Waals surface area contributed by atoms with Crippen LogP contribution in [0.1, 0.15) is 36.6 Å². The lowest BCUT2D eigenvalue weighted by atomic mass is 10.1. The van der Waals surface area contributed by atoms with Crippen LogP contribution >= 0.6 is 11.3 Å². The second-order valence-corrected chi connectivity index (χ2v) is 8.98. The van der Waals surface area contributed by atoms with Crippen LogP contribution in [-0.4, -0.2) is 37.2 Å². The van der Waals surface area contributed by atoms with E-state index in [1.165, 1.54) is 16.2 Å². The summed E-state index contributed by atoms with van der Waals surface area (Å²) in [5.41, 5.74) is 3.67. The molecule has 0 saturated heterocycles. The number of nitrogens with zero attached hydrogens (tertiary/aromatic N) is 4. The zero-order valence-electron chi connectivity index (χ0n) is 18.2. The lowest BCUT2D eigenvalue weighted by Crippen LogP contribution is -2.29. The Balaban J connectivity index is 1.18. The molecule has 5 aromatic rings. The molecule has 0 radical (unpaired) electrons. The molecule has 2 aromatic heterocycles. The van der Waals surface area contributed by atoms with Crippen molar-refractivity contribution in [3.05, 3.63) is 107 Å². The van der Waals surface area contributed by atoms with Gasteiger partial charge in [-0.15, -0.1) is 5.10 Å². The molecule has 3 heterocycles. The lowest BCUT2D eigenvalue weighted by molar-refractivity contribution is 0.0642. The number of benzene rings is 3. The highest BCUT2D eigenvalue weighted by Crippen LogP contribution is 2.26. The second-order valence-electron chi connectivity index (χ2n) is 8.02. The molecule has 3 amide bonds. The number of imidazole rings is 1. The van der Waals surface area contributed by atoms with Gasteiger partial charge in [-0.1, -0.05) is 65.9 Å². The van der Waals surface area contributed by atoms with E-state index in [0.29, 0.717) is 32.3 Å². The second kappa shape index (κ2) is 8.30. The van der Waals surface area contributed by atoms with Crippen molar-refractivity contribution in [2.45, 2.75) is 6.54 Å². The fourth-order valence-corrected chi connectivity index (χ4v) is 4.82. The summed E-state index contributed by atoms with van der Waals surface area (Å²) in [5.74, 6) is -1.00. The van der Waals surface area contributed by atoms with E-state index in [-0.39, 0.29) is 24.3 Å².